The average Bonchev–Trinajstić information content (AvgIpc) is 2.88. The van der Waals surface area contributed by atoms with Crippen molar-refractivity contribution < 1.29 is 0 Å². The van der Waals surface area contributed by atoms with Crippen LogP contribution in [0.3, 0.4) is 0 Å². The van der Waals surface area contributed by atoms with Gasteiger partial charge in [-0.15, -0.1) is 0 Å². The molecule has 1 unspecified atom stereocenters. The zero-order valence-corrected chi connectivity index (χ0v) is 11.8. The summed E-state index contributed by atoms with van der Waals surface area (Å²) in [5.41, 5.74) is 10.6. The molecule has 1 aromatic heterocycles. The lowest BCUT2D eigenvalue weighted by molar-refractivity contribution is 0.635. The van der Waals surface area contributed by atoms with E-state index in [0.29, 0.717) is 0 Å². The predicted molar refractivity (Wildman–Crippen MR) is 80.0 cm³/mol. The van der Waals surface area contributed by atoms with Crippen LogP contribution in [0.1, 0.15) is 37.9 Å². The smallest absolute Gasteiger partial charge is 0.0923 e. The van der Waals surface area contributed by atoms with Gasteiger partial charge in [0.25, 0.3) is 0 Å². The summed E-state index contributed by atoms with van der Waals surface area (Å²) in [6.07, 6.45) is 4.16. The van der Waals surface area contributed by atoms with Crippen LogP contribution in [0.5, 0.6) is 0 Å². The number of hydrogen-bond acceptors (Lipinski definition) is 2. The average molecular weight is 257 g/mol. The molecule has 0 aliphatic heterocycles. The molecule has 0 fully saturated rings. The van der Waals surface area contributed by atoms with Gasteiger partial charge < -0.3 is 5.73 Å². The van der Waals surface area contributed by atoms with Crippen LogP contribution in [-0.2, 0) is 12.8 Å². The zero-order valence-electron chi connectivity index (χ0n) is 11.8. The first kappa shape index (κ1) is 13.8. The van der Waals surface area contributed by atoms with Gasteiger partial charge in [-0.2, -0.15) is 5.10 Å². The van der Waals surface area contributed by atoms with Crippen LogP contribution in [0.2, 0.25) is 0 Å². The van der Waals surface area contributed by atoms with Gasteiger partial charge in [0.05, 0.1) is 5.69 Å². The molecule has 0 saturated carbocycles. The van der Waals surface area contributed by atoms with E-state index in [1.165, 1.54) is 12.0 Å². The molecule has 3 heteroatoms. The molecule has 2 rings (SSSR count). The molecule has 2 aromatic rings. The molecule has 0 bridgehead atoms. The van der Waals surface area contributed by atoms with Gasteiger partial charge in [-0.1, -0.05) is 44.5 Å². The number of H-pyrrole nitrogens is 1. The molecule has 0 aliphatic rings. The van der Waals surface area contributed by atoms with Gasteiger partial charge in [-0.25, -0.2) is 0 Å². The molecular formula is C16H23N3. The van der Waals surface area contributed by atoms with Crippen molar-refractivity contribution in [3.63, 3.8) is 0 Å². The van der Waals surface area contributed by atoms with Crippen LogP contribution in [0.4, 0.5) is 0 Å². The zero-order chi connectivity index (χ0) is 13.7. The Hall–Kier alpha value is -1.61. The Kier molecular flexibility index (Phi) is 4.74. The van der Waals surface area contributed by atoms with E-state index in [0.717, 1.165) is 36.2 Å². The Morgan fingerprint density at radius 2 is 1.95 bits per heavy atom. The third kappa shape index (κ3) is 3.67. The minimum absolute atomic E-state index is 0.209. The molecule has 3 N–H and O–H groups in total. The standard InChI is InChI=1S/C16H23N3/c1-3-5-12-6-8-13(9-7-12)16-11-15(18-19-16)10-14(17)4-2/h6-9,11,14H,3-5,10,17H2,1-2H3,(H,18,19). The summed E-state index contributed by atoms with van der Waals surface area (Å²) in [7, 11) is 0. The molecular weight excluding hydrogens is 234 g/mol. The molecule has 0 saturated heterocycles. The monoisotopic (exact) mass is 257 g/mol. The van der Waals surface area contributed by atoms with Gasteiger partial charge >= 0.3 is 0 Å². The number of nitrogens with zero attached hydrogens (tertiary/aromatic N) is 1. The van der Waals surface area contributed by atoms with Crippen LogP contribution in [0.25, 0.3) is 11.3 Å². The first-order valence-corrected chi connectivity index (χ1v) is 7.12. The first-order valence-electron chi connectivity index (χ1n) is 7.12. The fraction of sp³-hybridized carbons (Fsp3) is 0.438. The minimum atomic E-state index is 0.209. The molecule has 3 nitrogen and oxygen atoms in total. The molecule has 1 aromatic carbocycles. The molecule has 0 amide bonds. The Morgan fingerprint density at radius 3 is 2.58 bits per heavy atom. The fourth-order valence-electron chi connectivity index (χ4n) is 2.17. The Morgan fingerprint density at radius 1 is 1.21 bits per heavy atom. The second-order valence-electron chi connectivity index (χ2n) is 5.10. The van der Waals surface area contributed by atoms with Crippen molar-refractivity contribution in [2.75, 3.05) is 0 Å². The summed E-state index contributed by atoms with van der Waals surface area (Å²) < 4.78 is 0. The molecule has 1 heterocycles. The minimum Gasteiger partial charge on any atom is -0.327 e. The summed E-state index contributed by atoms with van der Waals surface area (Å²) in [5.74, 6) is 0. The lowest BCUT2D eigenvalue weighted by Crippen LogP contribution is -2.21. The second kappa shape index (κ2) is 6.53. The predicted octanol–water partition coefficient (Wildman–Crippen LogP) is 3.31. The maximum absolute atomic E-state index is 5.96. The number of nitrogens with one attached hydrogen (secondary N) is 1. The van der Waals surface area contributed by atoms with Crippen LogP contribution in [-0.4, -0.2) is 16.2 Å². The van der Waals surface area contributed by atoms with Crippen molar-refractivity contribution >= 4 is 0 Å². The van der Waals surface area contributed by atoms with Crippen LogP contribution < -0.4 is 5.73 Å². The number of rotatable bonds is 6. The summed E-state index contributed by atoms with van der Waals surface area (Å²) in [6.45, 7) is 4.30. The number of aromatic amines is 1. The molecule has 102 valence electrons. The quantitative estimate of drug-likeness (QED) is 0.834. The van der Waals surface area contributed by atoms with Gasteiger partial charge in [0, 0.05) is 23.7 Å². The van der Waals surface area contributed by atoms with Gasteiger partial charge in [0.2, 0.25) is 0 Å². The molecule has 0 spiro atoms. The molecule has 19 heavy (non-hydrogen) atoms. The van der Waals surface area contributed by atoms with E-state index in [1.807, 2.05) is 0 Å². The second-order valence-corrected chi connectivity index (χ2v) is 5.10. The summed E-state index contributed by atoms with van der Waals surface area (Å²) in [6, 6.07) is 11.0. The Balaban J connectivity index is 2.09. The molecule has 0 aliphatic carbocycles. The first-order chi connectivity index (χ1) is 9.22. The van der Waals surface area contributed by atoms with Crippen molar-refractivity contribution in [3.05, 3.63) is 41.6 Å². The van der Waals surface area contributed by atoms with E-state index >= 15 is 0 Å². The van der Waals surface area contributed by atoms with Crippen LogP contribution in [0.15, 0.2) is 30.3 Å². The highest BCUT2D eigenvalue weighted by atomic mass is 15.1. The van der Waals surface area contributed by atoms with Crippen LogP contribution in [0, 0.1) is 0 Å². The third-order valence-corrected chi connectivity index (χ3v) is 3.43. The SMILES string of the molecule is CCCc1ccc(-c2cc(CC(N)CC)[nH]n2)cc1. The largest absolute Gasteiger partial charge is 0.327 e. The van der Waals surface area contributed by atoms with Crippen molar-refractivity contribution in [3.8, 4) is 11.3 Å². The lowest BCUT2D eigenvalue weighted by atomic mass is 10.0. The van der Waals surface area contributed by atoms with E-state index in [1.54, 1.807) is 0 Å². The summed E-state index contributed by atoms with van der Waals surface area (Å²) >= 11 is 0. The van der Waals surface area contributed by atoms with Gasteiger partial charge in [0.15, 0.2) is 0 Å². The normalized spacial score (nSPS) is 12.6. The highest BCUT2D eigenvalue weighted by Gasteiger charge is 2.07. The van der Waals surface area contributed by atoms with Gasteiger partial charge in [0.1, 0.15) is 0 Å². The summed E-state index contributed by atoms with van der Waals surface area (Å²) in [4.78, 5) is 0. The van der Waals surface area contributed by atoms with E-state index in [2.05, 4.69) is 54.4 Å². The number of aryl methyl sites for hydroxylation is 1. The van der Waals surface area contributed by atoms with E-state index in [4.69, 9.17) is 5.73 Å². The number of benzene rings is 1. The van der Waals surface area contributed by atoms with Crippen molar-refractivity contribution in [2.24, 2.45) is 5.73 Å². The maximum Gasteiger partial charge on any atom is 0.0923 e. The van der Waals surface area contributed by atoms with E-state index in [9.17, 15) is 0 Å². The van der Waals surface area contributed by atoms with Crippen molar-refractivity contribution in [1.29, 1.82) is 0 Å². The highest BCUT2D eigenvalue weighted by molar-refractivity contribution is 5.59. The summed E-state index contributed by atoms with van der Waals surface area (Å²) in [5, 5.41) is 7.45. The molecule has 0 radical (unpaired) electrons. The van der Waals surface area contributed by atoms with Crippen molar-refractivity contribution in [1.82, 2.24) is 10.2 Å². The Bertz CT molecular complexity index is 499. The van der Waals surface area contributed by atoms with E-state index in [-0.39, 0.29) is 6.04 Å². The molecule has 1 atom stereocenters. The topological polar surface area (TPSA) is 54.7 Å². The van der Waals surface area contributed by atoms with Gasteiger partial charge in [-0.3, -0.25) is 5.10 Å². The number of aromatic nitrogens is 2. The fourth-order valence-corrected chi connectivity index (χ4v) is 2.17. The number of hydrogen-bond donors (Lipinski definition) is 2. The van der Waals surface area contributed by atoms with E-state index < -0.39 is 0 Å². The van der Waals surface area contributed by atoms with Gasteiger partial charge in [-0.05, 0) is 24.5 Å². The Labute approximate surface area is 115 Å². The highest BCUT2D eigenvalue weighted by Crippen LogP contribution is 2.19. The number of nitrogens with two attached hydrogens (primary N) is 1. The lowest BCUT2D eigenvalue weighted by Gasteiger charge is -2.04. The third-order valence-electron chi connectivity index (χ3n) is 3.43. The van der Waals surface area contributed by atoms with Crippen LogP contribution >= 0.6 is 0 Å². The van der Waals surface area contributed by atoms with Crippen molar-refractivity contribution in [2.45, 2.75) is 45.6 Å². The maximum atomic E-state index is 5.96.